The second kappa shape index (κ2) is 10.5. The number of halogens is 1. The maximum absolute atomic E-state index is 12.8. The predicted molar refractivity (Wildman–Crippen MR) is 111 cm³/mol. The molecule has 7 heteroatoms. The van der Waals surface area contributed by atoms with Gasteiger partial charge in [0.05, 0.1) is 6.54 Å². The van der Waals surface area contributed by atoms with Crippen molar-refractivity contribution in [2.45, 2.75) is 46.5 Å². The summed E-state index contributed by atoms with van der Waals surface area (Å²) in [5.41, 5.74) is 0.669. The van der Waals surface area contributed by atoms with Crippen molar-refractivity contribution in [1.29, 1.82) is 0 Å². The summed E-state index contributed by atoms with van der Waals surface area (Å²) in [5.74, 6) is -0.0820. The van der Waals surface area contributed by atoms with Crippen molar-refractivity contribution in [2.75, 3.05) is 31.2 Å². The second-order valence-corrected chi connectivity index (χ2v) is 8.10. The maximum atomic E-state index is 12.8. The van der Waals surface area contributed by atoms with Gasteiger partial charge >= 0.3 is 0 Å². The van der Waals surface area contributed by atoms with Crippen molar-refractivity contribution in [3.8, 4) is 0 Å². The molecular formula is C21H30ClN3O3. The fourth-order valence-electron chi connectivity index (χ4n) is 3.23. The Balaban J connectivity index is 2.00. The first-order valence-corrected chi connectivity index (χ1v) is 10.3. The monoisotopic (exact) mass is 407 g/mol. The molecule has 1 heterocycles. The lowest BCUT2D eigenvalue weighted by molar-refractivity contribution is -0.140. The van der Waals surface area contributed by atoms with E-state index in [4.69, 9.17) is 11.6 Å². The van der Waals surface area contributed by atoms with Gasteiger partial charge in [-0.25, -0.2) is 0 Å². The molecule has 1 aromatic rings. The summed E-state index contributed by atoms with van der Waals surface area (Å²) in [5, 5.41) is 0.538. The number of rotatable bonds is 9. The number of benzene rings is 1. The third kappa shape index (κ3) is 6.23. The molecule has 0 atom stereocenters. The highest BCUT2D eigenvalue weighted by atomic mass is 35.5. The number of carbonyl (C=O) groups is 3. The van der Waals surface area contributed by atoms with Crippen LogP contribution in [0.4, 0.5) is 5.69 Å². The van der Waals surface area contributed by atoms with E-state index >= 15 is 0 Å². The van der Waals surface area contributed by atoms with Crippen molar-refractivity contribution in [2.24, 2.45) is 5.92 Å². The number of carbonyl (C=O) groups excluding carboxylic acids is 3. The van der Waals surface area contributed by atoms with Crippen molar-refractivity contribution in [1.82, 2.24) is 9.80 Å². The van der Waals surface area contributed by atoms with Gasteiger partial charge < -0.3 is 9.80 Å². The van der Waals surface area contributed by atoms with Gasteiger partial charge in [0.2, 0.25) is 17.7 Å². The zero-order valence-corrected chi connectivity index (χ0v) is 17.7. The number of hydrogen-bond acceptors (Lipinski definition) is 3. The highest BCUT2D eigenvalue weighted by Gasteiger charge is 2.33. The molecule has 2 rings (SSSR count). The SMILES string of the molecule is CCCCCC(=O)N(CC(=O)N1CC(=O)N(c2cccc(Cl)c2)C1)CC(C)C. The molecule has 0 aliphatic carbocycles. The van der Waals surface area contributed by atoms with E-state index in [0.29, 0.717) is 23.7 Å². The fourth-order valence-corrected chi connectivity index (χ4v) is 3.41. The third-order valence-electron chi connectivity index (χ3n) is 4.67. The summed E-state index contributed by atoms with van der Waals surface area (Å²) in [4.78, 5) is 42.4. The van der Waals surface area contributed by atoms with Gasteiger partial charge in [0.15, 0.2) is 0 Å². The predicted octanol–water partition coefficient (Wildman–Crippen LogP) is 3.54. The third-order valence-corrected chi connectivity index (χ3v) is 4.91. The van der Waals surface area contributed by atoms with Gasteiger partial charge in [0.25, 0.3) is 0 Å². The van der Waals surface area contributed by atoms with E-state index in [1.54, 1.807) is 34.1 Å². The molecule has 1 aromatic carbocycles. The van der Waals surface area contributed by atoms with E-state index in [1.807, 2.05) is 13.8 Å². The molecule has 1 aliphatic rings. The number of amides is 3. The van der Waals surface area contributed by atoms with E-state index in [-0.39, 0.29) is 43.4 Å². The van der Waals surface area contributed by atoms with Gasteiger partial charge in [0.1, 0.15) is 13.2 Å². The van der Waals surface area contributed by atoms with Crippen molar-refractivity contribution >= 4 is 35.0 Å². The Labute approximate surface area is 172 Å². The minimum absolute atomic E-state index is 0.00715. The Kier molecular flexibility index (Phi) is 8.30. The maximum Gasteiger partial charge on any atom is 0.248 e. The molecule has 28 heavy (non-hydrogen) atoms. The molecule has 0 unspecified atom stereocenters. The zero-order valence-electron chi connectivity index (χ0n) is 17.0. The lowest BCUT2D eigenvalue weighted by Gasteiger charge is -2.26. The highest BCUT2D eigenvalue weighted by molar-refractivity contribution is 6.31. The lowest BCUT2D eigenvalue weighted by Crippen LogP contribution is -2.44. The van der Waals surface area contributed by atoms with E-state index < -0.39 is 0 Å². The second-order valence-electron chi connectivity index (χ2n) is 7.66. The van der Waals surface area contributed by atoms with Gasteiger partial charge in [-0.3, -0.25) is 19.3 Å². The number of hydrogen-bond donors (Lipinski definition) is 0. The Morgan fingerprint density at radius 1 is 1.25 bits per heavy atom. The van der Waals surface area contributed by atoms with Crippen LogP contribution in [-0.2, 0) is 14.4 Å². The van der Waals surface area contributed by atoms with Crippen LogP contribution in [-0.4, -0.2) is 53.8 Å². The molecule has 0 spiro atoms. The Bertz CT molecular complexity index is 708. The molecule has 6 nitrogen and oxygen atoms in total. The van der Waals surface area contributed by atoms with Crippen LogP contribution in [0.3, 0.4) is 0 Å². The highest BCUT2D eigenvalue weighted by Crippen LogP contribution is 2.23. The minimum atomic E-state index is -0.206. The van der Waals surface area contributed by atoms with Crippen molar-refractivity contribution in [3.63, 3.8) is 0 Å². The average Bonchev–Trinajstić information content (AvgIpc) is 3.03. The van der Waals surface area contributed by atoms with Gasteiger partial charge in [-0.2, -0.15) is 0 Å². The first-order chi connectivity index (χ1) is 13.3. The first kappa shape index (κ1) is 22.2. The van der Waals surface area contributed by atoms with Gasteiger partial charge in [-0.1, -0.05) is 51.3 Å². The Morgan fingerprint density at radius 3 is 2.64 bits per heavy atom. The topological polar surface area (TPSA) is 60.9 Å². The largest absolute Gasteiger partial charge is 0.333 e. The summed E-state index contributed by atoms with van der Waals surface area (Å²) in [6, 6.07) is 7.01. The molecule has 1 saturated heterocycles. The van der Waals surface area contributed by atoms with Gasteiger partial charge in [-0.05, 0) is 30.5 Å². The number of nitrogens with zero attached hydrogens (tertiary/aromatic N) is 3. The minimum Gasteiger partial charge on any atom is -0.333 e. The molecule has 0 N–H and O–H groups in total. The molecule has 154 valence electrons. The van der Waals surface area contributed by atoms with E-state index in [1.165, 1.54) is 4.90 Å². The Morgan fingerprint density at radius 2 is 2.00 bits per heavy atom. The van der Waals surface area contributed by atoms with Gasteiger partial charge in [-0.15, -0.1) is 0 Å². The van der Waals surface area contributed by atoms with Crippen LogP contribution in [0.5, 0.6) is 0 Å². The van der Waals surface area contributed by atoms with Crippen molar-refractivity contribution in [3.05, 3.63) is 29.3 Å². The fraction of sp³-hybridized carbons (Fsp3) is 0.571. The van der Waals surface area contributed by atoms with Crippen LogP contribution in [0, 0.1) is 5.92 Å². The molecule has 0 bridgehead atoms. The standard InChI is InChI=1S/C21H30ClN3O3/c1-4-5-6-10-19(26)23(12-16(2)3)13-20(27)24-14-21(28)25(15-24)18-9-7-8-17(22)11-18/h7-9,11,16H,4-6,10,12-15H2,1-3H3. The first-order valence-electron chi connectivity index (χ1n) is 9.93. The quantitative estimate of drug-likeness (QED) is 0.588. The van der Waals surface area contributed by atoms with E-state index in [2.05, 4.69) is 6.92 Å². The molecule has 1 fully saturated rings. The van der Waals surface area contributed by atoms with Crippen LogP contribution in [0.2, 0.25) is 5.02 Å². The molecule has 0 saturated carbocycles. The van der Waals surface area contributed by atoms with Crippen LogP contribution < -0.4 is 4.90 Å². The van der Waals surface area contributed by atoms with Crippen LogP contribution in [0.1, 0.15) is 46.5 Å². The number of anilines is 1. The van der Waals surface area contributed by atoms with Gasteiger partial charge in [0, 0.05) is 23.7 Å². The summed E-state index contributed by atoms with van der Waals surface area (Å²) in [6.07, 6.45) is 3.35. The average molecular weight is 408 g/mol. The van der Waals surface area contributed by atoms with Crippen molar-refractivity contribution < 1.29 is 14.4 Å². The van der Waals surface area contributed by atoms with Crippen LogP contribution in [0.25, 0.3) is 0 Å². The molecule has 1 aliphatic heterocycles. The van der Waals surface area contributed by atoms with E-state index in [0.717, 1.165) is 19.3 Å². The van der Waals surface area contributed by atoms with Crippen LogP contribution in [0.15, 0.2) is 24.3 Å². The summed E-state index contributed by atoms with van der Waals surface area (Å²) >= 11 is 6.01. The molecular weight excluding hydrogens is 378 g/mol. The Hall–Kier alpha value is -2.08. The molecule has 3 amide bonds. The molecule has 0 radical (unpaired) electrons. The zero-order chi connectivity index (χ0) is 20.7. The number of unbranched alkanes of at least 4 members (excludes halogenated alkanes) is 2. The summed E-state index contributed by atoms with van der Waals surface area (Å²) in [7, 11) is 0. The molecule has 0 aromatic heterocycles. The lowest BCUT2D eigenvalue weighted by atomic mass is 10.1. The smallest absolute Gasteiger partial charge is 0.248 e. The van der Waals surface area contributed by atoms with Crippen LogP contribution >= 0.6 is 11.6 Å². The summed E-state index contributed by atoms with van der Waals surface area (Å²) < 4.78 is 0. The van der Waals surface area contributed by atoms with E-state index in [9.17, 15) is 14.4 Å². The normalized spacial score (nSPS) is 14.1. The summed E-state index contributed by atoms with van der Waals surface area (Å²) in [6.45, 7) is 6.89.